The lowest BCUT2D eigenvalue weighted by Crippen LogP contribution is -1.94. The molecule has 0 radical (unpaired) electrons. The molecule has 3 rings (SSSR count). The fourth-order valence-corrected chi connectivity index (χ4v) is 3.46. The molecule has 0 aromatic heterocycles. The van der Waals surface area contributed by atoms with Gasteiger partial charge in [0.1, 0.15) is 11.6 Å². The molecule has 0 amide bonds. The highest BCUT2D eigenvalue weighted by Crippen LogP contribution is 2.42. The van der Waals surface area contributed by atoms with Gasteiger partial charge in [0, 0.05) is 10.0 Å². The smallest absolute Gasteiger partial charge is 0.131 e. The molecule has 1 unspecified atom stereocenters. The molecular weight excluding hydrogens is 323 g/mol. The summed E-state index contributed by atoms with van der Waals surface area (Å²) in [6.07, 6.45) is 1.11. The normalized spacial score (nSPS) is 17.1. The van der Waals surface area contributed by atoms with Crippen molar-refractivity contribution < 1.29 is 14.2 Å². The van der Waals surface area contributed by atoms with E-state index >= 15 is 0 Å². The van der Waals surface area contributed by atoms with E-state index in [0.717, 1.165) is 34.0 Å². The van der Waals surface area contributed by atoms with Crippen molar-refractivity contribution in [2.75, 3.05) is 7.11 Å². The standard InChI is InChI=1S/C16H14BrFO2/c1-20-9-2-6-14(18)13(8-9)12-4-3-10-11(16(12)17)5-7-15(10)19/h2-4,6,8,15,19H,5,7H2,1H3. The third kappa shape index (κ3) is 2.13. The third-order valence-electron chi connectivity index (χ3n) is 3.77. The molecule has 0 bridgehead atoms. The number of halogens is 2. The molecule has 104 valence electrons. The SMILES string of the molecule is COc1ccc(F)c(-c2ccc3c(c2Br)CCC3O)c1. The highest BCUT2D eigenvalue weighted by Gasteiger charge is 2.24. The van der Waals surface area contributed by atoms with Crippen LogP contribution in [-0.4, -0.2) is 12.2 Å². The molecule has 0 fully saturated rings. The van der Waals surface area contributed by atoms with E-state index in [0.29, 0.717) is 11.3 Å². The number of ether oxygens (including phenoxy) is 1. The molecule has 0 saturated heterocycles. The number of methoxy groups -OCH3 is 1. The number of rotatable bonds is 2. The summed E-state index contributed by atoms with van der Waals surface area (Å²) >= 11 is 3.56. The average Bonchev–Trinajstić information content (AvgIpc) is 2.83. The van der Waals surface area contributed by atoms with Crippen LogP contribution in [-0.2, 0) is 6.42 Å². The Morgan fingerprint density at radius 1 is 1.25 bits per heavy atom. The van der Waals surface area contributed by atoms with Crippen LogP contribution in [0.25, 0.3) is 11.1 Å². The molecule has 2 aromatic carbocycles. The van der Waals surface area contributed by atoms with Gasteiger partial charge in [-0.1, -0.05) is 12.1 Å². The molecule has 0 aliphatic heterocycles. The van der Waals surface area contributed by atoms with Crippen molar-refractivity contribution in [3.8, 4) is 16.9 Å². The van der Waals surface area contributed by atoms with Crippen LogP contribution in [0.5, 0.6) is 5.75 Å². The van der Waals surface area contributed by atoms with Crippen molar-refractivity contribution in [1.82, 2.24) is 0 Å². The first-order chi connectivity index (χ1) is 9.61. The summed E-state index contributed by atoms with van der Waals surface area (Å²) in [4.78, 5) is 0. The third-order valence-corrected chi connectivity index (χ3v) is 4.68. The van der Waals surface area contributed by atoms with Crippen LogP contribution in [0, 0.1) is 5.82 Å². The van der Waals surface area contributed by atoms with Crippen LogP contribution in [0.1, 0.15) is 23.7 Å². The predicted octanol–water partition coefficient (Wildman–Crippen LogP) is 4.24. The first-order valence-corrected chi connectivity index (χ1v) is 7.24. The summed E-state index contributed by atoms with van der Waals surface area (Å²) < 4.78 is 20.1. The number of aliphatic hydroxyl groups excluding tert-OH is 1. The van der Waals surface area contributed by atoms with Crippen LogP contribution < -0.4 is 4.74 Å². The first kappa shape index (κ1) is 13.6. The Morgan fingerprint density at radius 2 is 2.05 bits per heavy atom. The van der Waals surface area contributed by atoms with Crippen LogP contribution in [0.15, 0.2) is 34.8 Å². The second-order valence-corrected chi connectivity index (χ2v) is 5.69. The number of fused-ring (bicyclic) bond motifs is 1. The molecule has 1 aliphatic rings. The molecule has 2 nitrogen and oxygen atoms in total. The zero-order valence-electron chi connectivity index (χ0n) is 11.0. The molecule has 1 N–H and O–H groups in total. The molecular formula is C16H14BrFO2. The summed E-state index contributed by atoms with van der Waals surface area (Å²) in [6, 6.07) is 8.42. The number of hydrogen-bond donors (Lipinski definition) is 1. The van der Waals surface area contributed by atoms with Crippen LogP contribution >= 0.6 is 15.9 Å². The van der Waals surface area contributed by atoms with Gasteiger partial charge in [0.05, 0.1) is 13.2 Å². The minimum absolute atomic E-state index is 0.287. The van der Waals surface area contributed by atoms with E-state index in [4.69, 9.17) is 4.74 Å². The van der Waals surface area contributed by atoms with E-state index in [9.17, 15) is 9.50 Å². The second kappa shape index (κ2) is 5.19. The second-order valence-electron chi connectivity index (χ2n) is 4.90. The maximum absolute atomic E-state index is 14.1. The molecule has 1 atom stereocenters. The lowest BCUT2D eigenvalue weighted by atomic mass is 9.99. The Morgan fingerprint density at radius 3 is 2.80 bits per heavy atom. The summed E-state index contributed by atoms with van der Waals surface area (Å²) in [7, 11) is 1.56. The fraction of sp³-hybridized carbons (Fsp3) is 0.250. The van der Waals surface area contributed by atoms with Gasteiger partial charge in [0.15, 0.2) is 0 Å². The predicted molar refractivity (Wildman–Crippen MR) is 79.4 cm³/mol. The van der Waals surface area contributed by atoms with E-state index < -0.39 is 6.10 Å². The molecule has 20 heavy (non-hydrogen) atoms. The molecule has 0 spiro atoms. The van der Waals surface area contributed by atoms with Gasteiger partial charge in [-0.15, -0.1) is 0 Å². The van der Waals surface area contributed by atoms with Gasteiger partial charge in [-0.25, -0.2) is 4.39 Å². The molecule has 2 aromatic rings. The number of hydrogen-bond acceptors (Lipinski definition) is 2. The van der Waals surface area contributed by atoms with Crippen LogP contribution in [0.4, 0.5) is 4.39 Å². The highest BCUT2D eigenvalue weighted by atomic mass is 79.9. The van der Waals surface area contributed by atoms with Gasteiger partial charge in [-0.05, 0) is 63.7 Å². The lowest BCUT2D eigenvalue weighted by Gasteiger charge is -2.12. The quantitative estimate of drug-likeness (QED) is 0.888. The van der Waals surface area contributed by atoms with Crippen LogP contribution in [0.3, 0.4) is 0 Å². The molecule has 0 heterocycles. The van der Waals surface area contributed by atoms with Gasteiger partial charge >= 0.3 is 0 Å². The lowest BCUT2D eigenvalue weighted by molar-refractivity contribution is 0.180. The number of benzene rings is 2. The fourth-order valence-electron chi connectivity index (χ4n) is 2.68. The van der Waals surface area contributed by atoms with E-state index in [2.05, 4.69) is 15.9 Å². The van der Waals surface area contributed by atoms with Crippen molar-refractivity contribution in [3.63, 3.8) is 0 Å². The van der Waals surface area contributed by atoms with Gasteiger partial charge in [0.2, 0.25) is 0 Å². The Kier molecular flexibility index (Phi) is 3.52. The largest absolute Gasteiger partial charge is 0.497 e. The maximum atomic E-state index is 14.1. The monoisotopic (exact) mass is 336 g/mol. The first-order valence-electron chi connectivity index (χ1n) is 6.45. The highest BCUT2D eigenvalue weighted by molar-refractivity contribution is 9.10. The zero-order valence-corrected chi connectivity index (χ0v) is 12.6. The number of aliphatic hydroxyl groups is 1. The van der Waals surface area contributed by atoms with Crippen molar-refractivity contribution in [3.05, 3.63) is 51.7 Å². The van der Waals surface area contributed by atoms with Crippen LogP contribution in [0.2, 0.25) is 0 Å². The topological polar surface area (TPSA) is 29.5 Å². The average molecular weight is 337 g/mol. The van der Waals surface area contributed by atoms with Crippen molar-refractivity contribution in [2.24, 2.45) is 0 Å². The summed E-state index contributed by atoms with van der Waals surface area (Å²) in [5.41, 5.74) is 3.29. The van der Waals surface area contributed by atoms with Gasteiger partial charge in [-0.3, -0.25) is 0 Å². The van der Waals surface area contributed by atoms with Gasteiger partial charge < -0.3 is 9.84 Å². The Labute approximate surface area is 125 Å². The van der Waals surface area contributed by atoms with E-state index in [1.807, 2.05) is 12.1 Å². The molecule has 1 aliphatic carbocycles. The summed E-state index contributed by atoms with van der Waals surface area (Å²) in [5, 5.41) is 9.89. The Bertz CT molecular complexity index is 670. The Hall–Kier alpha value is -1.39. The molecule has 0 saturated carbocycles. The van der Waals surface area contributed by atoms with Crippen molar-refractivity contribution in [1.29, 1.82) is 0 Å². The maximum Gasteiger partial charge on any atom is 0.131 e. The van der Waals surface area contributed by atoms with E-state index in [-0.39, 0.29) is 5.82 Å². The van der Waals surface area contributed by atoms with E-state index in [1.165, 1.54) is 6.07 Å². The molecule has 4 heteroatoms. The minimum Gasteiger partial charge on any atom is -0.497 e. The van der Waals surface area contributed by atoms with Gasteiger partial charge in [-0.2, -0.15) is 0 Å². The van der Waals surface area contributed by atoms with Crippen molar-refractivity contribution in [2.45, 2.75) is 18.9 Å². The minimum atomic E-state index is -0.412. The van der Waals surface area contributed by atoms with Gasteiger partial charge in [0.25, 0.3) is 0 Å². The van der Waals surface area contributed by atoms with E-state index in [1.54, 1.807) is 19.2 Å². The summed E-state index contributed by atoms with van der Waals surface area (Å²) in [5.74, 6) is 0.332. The van der Waals surface area contributed by atoms with Crippen molar-refractivity contribution >= 4 is 15.9 Å². The summed E-state index contributed by atoms with van der Waals surface area (Å²) in [6.45, 7) is 0. The Balaban J connectivity index is 2.16. The zero-order chi connectivity index (χ0) is 14.3.